The highest BCUT2D eigenvalue weighted by molar-refractivity contribution is 7.09. The standard InChI is InChI=1S/C17H18F3N3OS/c1-10(12-3-2-4-13(7-12)17(18,19)20)22-16(24)21-8-14-9-25-15(23-14)11-5-6-11/h2-4,7,9-11H,5-6,8H2,1H3,(H2,21,22,24). The van der Waals surface area contributed by atoms with Crippen molar-refractivity contribution < 1.29 is 18.0 Å². The highest BCUT2D eigenvalue weighted by atomic mass is 32.1. The lowest BCUT2D eigenvalue weighted by molar-refractivity contribution is -0.137. The molecule has 1 aliphatic rings. The van der Waals surface area contributed by atoms with Gasteiger partial charge in [-0.1, -0.05) is 12.1 Å². The van der Waals surface area contributed by atoms with Crippen molar-refractivity contribution >= 4 is 17.4 Å². The van der Waals surface area contributed by atoms with Crippen molar-refractivity contribution in [1.82, 2.24) is 15.6 Å². The predicted octanol–water partition coefficient (Wildman–Crippen LogP) is 4.60. The summed E-state index contributed by atoms with van der Waals surface area (Å²) >= 11 is 1.60. The average molecular weight is 369 g/mol. The third kappa shape index (κ3) is 4.72. The second kappa shape index (κ2) is 7.03. The fourth-order valence-corrected chi connectivity index (χ4v) is 3.40. The van der Waals surface area contributed by atoms with Gasteiger partial charge < -0.3 is 10.6 Å². The Morgan fingerprint density at radius 2 is 2.16 bits per heavy atom. The van der Waals surface area contributed by atoms with Crippen LogP contribution in [-0.2, 0) is 12.7 Å². The molecule has 1 aliphatic carbocycles. The molecule has 3 rings (SSSR count). The zero-order chi connectivity index (χ0) is 18.0. The maximum absolute atomic E-state index is 12.8. The molecule has 0 radical (unpaired) electrons. The summed E-state index contributed by atoms with van der Waals surface area (Å²) in [4.78, 5) is 16.4. The van der Waals surface area contributed by atoms with Gasteiger partial charge in [0, 0.05) is 11.3 Å². The van der Waals surface area contributed by atoms with Gasteiger partial charge in [0.2, 0.25) is 0 Å². The minimum absolute atomic E-state index is 0.296. The van der Waals surface area contributed by atoms with Crippen molar-refractivity contribution in [2.45, 2.75) is 44.4 Å². The maximum Gasteiger partial charge on any atom is 0.416 e. The largest absolute Gasteiger partial charge is 0.416 e. The number of nitrogens with zero attached hydrogens (tertiary/aromatic N) is 1. The van der Waals surface area contributed by atoms with E-state index in [1.165, 1.54) is 18.9 Å². The number of nitrogens with one attached hydrogen (secondary N) is 2. The van der Waals surface area contributed by atoms with Crippen LogP contribution >= 0.6 is 11.3 Å². The van der Waals surface area contributed by atoms with E-state index in [-0.39, 0.29) is 0 Å². The SMILES string of the molecule is CC(NC(=O)NCc1csc(C2CC2)n1)c1cccc(C(F)(F)F)c1. The number of halogens is 3. The van der Waals surface area contributed by atoms with Crippen LogP contribution in [0.5, 0.6) is 0 Å². The Bertz CT molecular complexity index is 756. The van der Waals surface area contributed by atoms with Crippen molar-refractivity contribution in [3.05, 3.63) is 51.5 Å². The highest BCUT2D eigenvalue weighted by Gasteiger charge is 2.30. The zero-order valence-electron chi connectivity index (χ0n) is 13.6. The third-order valence-electron chi connectivity index (χ3n) is 3.99. The Labute approximate surface area is 147 Å². The van der Waals surface area contributed by atoms with Gasteiger partial charge >= 0.3 is 12.2 Å². The normalized spacial score (nSPS) is 15.7. The number of rotatable bonds is 5. The number of carbonyl (C=O) groups excluding carboxylic acids is 1. The summed E-state index contributed by atoms with van der Waals surface area (Å²) in [5.74, 6) is 0.577. The molecule has 8 heteroatoms. The van der Waals surface area contributed by atoms with Gasteiger partial charge in [-0.3, -0.25) is 0 Å². The summed E-state index contributed by atoms with van der Waals surface area (Å²) in [6.07, 6.45) is -2.05. The van der Waals surface area contributed by atoms with Crippen molar-refractivity contribution in [3.63, 3.8) is 0 Å². The van der Waals surface area contributed by atoms with Gasteiger partial charge in [-0.2, -0.15) is 13.2 Å². The molecule has 1 unspecified atom stereocenters. The molecule has 1 aromatic heterocycles. The summed E-state index contributed by atoms with van der Waals surface area (Å²) < 4.78 is 38.3. The summed E-state index contributed by atoms with van der Waals surface area (Å²) in [6.45, 7) is 1.94. The van der Waals surface area contributed by atoms with Crippen LogP contribution < -0.4 is 10.6 Å². The Hall–Kier alpha value is -2.09. The van der Waals surface area contributed by atoms with Crippen LogP contribution in [0.2, 0.25) is 0 Å². The molecule has 1 heterocycles. The van der Waals surface area contributed by atoms with Crippen LogP contribution in [0.3, 0.4) is 0 Å². The molecular weight excluding hydrogens is 351 g/mol. The van der Waals surface area contributed by atoms with Crippen molar-refractivity contribution in [3.8, 4) is 0 Å². The molecular formula is C17H18F3N3OS. The maximum atomic E-state index is 12.8. The minimum Gasteiger partial charge on any atom is -0.332 e. The molecule has 1 fully saturated rings. The lowest BCUT2D eigenvalue weighted by Gasteiger charge is -2.16. The predicted molar refractivity (Wildman–Crippen MR) is 89.3 cm³/mol. The van der Waals surface area contributed by atoms with E-state index < -0.39 is 23.8 Å². The molecule has 1 atom stereocenters. The first kappa shape index (κ1) is 17.7. The molecule has 25 heavy (non-hydrogen) atoms. The van der Waals surface area contributed by atoms with Crippen LogP contribution in [0.4, 0.5) is 18.0 Å². The fourth-order valence-electron chi connectivity index (χ4n) is 2.41. The number of carbonyl (C=O) groups is 1. The fraction of sp³-hybridized carbons (Fsp3) is 0.412. The Morgan fingerprint density at radius 3 is 2.84 bits per heavy atom. The van der Waals surface area contributed by atoms with Crippen LogP contribution in [-0.4, -0.2) is 11.0 Å². The van der Waals surface area contributed by atoms with Crippen LogP contribution in [0, 0.1) is 0 Å². The van der Waals surface area contributed by atoms with E-state index in [1.54, 1.807) is 24.3 Å². The third-order valence-corrected chi connectivity index (χ3v) is 5.04. The number of hydrogen-bond donors (Lipinski definition) is 2. The molecule has 0 aliphatic heterocycles. The quantitative estimate of drug-likeness (QED) is 0.809. The van der Waals surface area contributed by atoms with E-state index in [1.807, 2.05) is 5.38 Å². The van der Waals surface area contributed by atoms with E-state index in [9.17, 15) is 18.0 Å². The molecule has 2 aromatic rings. The Balaban J connectivity index is 1.53. The van der Waals surface area contributed by atoms with Gasteiger partial charge in [-0.15, -0.1) is 11.3 Å². The van der Waals surface area contributed by atoms with E-state index in [0.29, 0.717) is 18.0 Å². The first-order chi connectivity index (χ1) is 11.8. The smallest absolute Gasteiger partial charge is 0.332 e. The molecule has 134 valence electrons. The minimum atomic E-state index is -4.40. The van der Waals surface area contributed by atoms with Gasteiger partial charge in [0.1, 0.15) is 0 Å². The molecule has 1 aromatic carbocycles. The van der Waals surface area contributed by atoms with Gasteiger partial charge in [0.05, 0.1) is 28.9 Å². The number of alkyl halides is 3. The summed E-state index contributed by atoms with van der Waals surface area (Å²) in [6, 6.07) is 3.97. The van der Waals surface area contributed by atoms with Gasteiger partial charge in [-0.25, -0.2) is 9.78 Å². The second-order valence-corrected chi connectivity index (χ2v) is 7.01. The molecule has 0 spiro atoms. The van der Waals surface area contributed by atoms with E-state index in [2.05, 4.69) is 15.6 Å². The lowest BCUT2D eigenvalue weighted by atomic mass is 10.1. The van der Waals surface area contributed by atoms with Gasteiger partial charge in [0.15, 0.2) is 0 Å². The Kier molecular flexibility index (Phi) is 4.99. The van der Waals surface area contributed by atoms with Crippen LogP contribution in [0.25, 0.3) is 0 Å². The summed E-state index contributed by atoms with van der Waals surface area (Å²) in [5, 5.41) is 8.36. The van der Waals surface area contributed by atoms with Crippen molar-refractivity contribution in [2.24, 2.45) is 0 Å². The molecule has 0 saturated heterocycles. The number of aromatic nitrogens is 1. The highest BCUT2D eigenvalue weighted by Crippen LogP contribution is 2.41. The van der Waals surface area contributed by atoms with Crippen LogP contribution in [0.1, 0.15) is 53.6 Å². The summed E-state index contributed by atoms with van der Waals surface area (Å²) in [7, 11) is 0. The molecule has 1 saturated carbocycles. The summed E-state index contributed by atoms with van der Waals surface area (Å²) in [5.41, 5.74) is 0.470. The molecule has 4 nitrogen and oxygen atoms in total. The monoisotopic (exact) mass is 369 g/mol. The second-order valence-electron chi connectivity index (χ2n) is 6.12. The number of hydrogen-bond acceptors (Lipinski definition) is 3. The van der Waals surface area contributed by atoms with Gasteiger partial charge in [-0.05, 0) is 37.5 Å². The Morgan fingerprint density at radius 1 is 1.40 bits per heavy atom. The lowest BCUT2D eigenvalue weighted by Crippen LogP contribution is -2.36. The van der Waals surface area contributed by atoms with E-state index in [0.717, 1.165) is 22.8 Å². The number of amides is 2. The van der Waals surface area contributed by atoms with E-state index >= 15 is 0 Å². The molecule has 2 amide bonds. The number of urea groups is 1. The van der Waals surface area contributed by atoms with Crippen LogP contribution in [0.15, 0.2) is 29.6 Å². The molecule has 2 N–H and O–H groups in total. The number of thiazole rings is 1. The van der Waals surface area contributed by atoms with Gasteiger partial charge in [0.25, 0.3) is 0 Å². The zero-order valence-corrected chi connectivity index (χ0v) is 14.4. The number of benzene rings is 1. The first-order valence-electron chi connectivity index (χ1n) is 7.99. The first-order valence-corrected chi connectivity index (χ1v) is 8.86. The molecule has 0 bridgehead atoms. The topological polar surface area (TPSA) is 54.0 Å². The van der Waals surface area contributed by atoms with E-state index in [4.69, 9.17) is 0 Å². The average Bonchev–Trinajstić information content (AvgIpc) is 3.31. The van der Waals surface area contributed by atoms with Crippen molar-refractivity contribution in [1.29, 1.82) is 0 Å². The van der Waals surface area contributed by atoms with Crippen molar-refractivity contribution in [2.75, 3.05) is 0 Å².